The van der Waals surface area contributed by atoms with Crippen molar-refractivity contribution in [3.63, 3.8) is 0 Å². The molecule has 82 valence electrons. The standard InChI is InChI=1S/C10H19NO2S/c1-2-14-7-10(9(12)13)5-3-8(11)4-6-10/h8H,2-7,11H2,1H3,(H,12,13). The maximum absolute atomic E-state index is 11.2. The SMILES string of the molecule is CCSCC1(C(=O)O)CCC(N)CC1. The molecule has 0 atom stereocenters. The van der Waals surface area contributed by atoms with Crippen molar-refractivity contribution < 1.29 is 9.90 Å². The molecule has 0 amide bonds. The zero-order chi connectivity index (χ0) is 10.6. The van der Waals surface area contributed by atoms with Gasteiger partial charge in [0.05, 0.1) is 5.41 Å². The molecule has 0 spiro atoms. The molecule has 1 aliphatic carbocycles. The Hall–Kier alpha value is -0.220. The Kier molecular flexibility index (Phi) is 4.26. The highest BCUT2D eigenvalue weighted by Crippen LogP contribution is 2.38. The molecule has 0 aromatic carbocycles. The Morgan fingerprint density at radius 2 is 2.14 bits per heavy atom. The molecule has 1 saturated carbocycles. The van der Waals surface area contributed by atoms with E-state index in [4.69, 9.17) is 5.73 Å². The van der Waals surface area contributed by atoms with Gasteiger partial charge in [-0.2, -0.15) is 11.8 Å². The molecule has 0 heterocycles. The number of carboxylic acid groups (broad SMARTS) is 1. The molecule has 0 bridgehead atoms. The highest BCUT2D eigenvalue weighted by atomic mass is 32.2. The fourth-order valence-electron chi connectivity index (χ4n) is 1.91. The Morgan fingerprint density at radius 1 is 1.57 bits per heavy atom. The predicted octanol–water partition coefficient (Wildman–Crippen LogP) is 1.71. The molecule has 3 nitrogen and oxygen atoms in total. The Morgan fingerprint density at radius 3 is 2.57 bits per heavy atom. The molecule has 14 heavy (non-hydrogen) atoms. The van der Waals surface area contributed by atoms with Crippen LogP contribution in [0.5, 0.6) is 0 Å². The fourth-order valence-corrected chi connectivity index (χ4v) is 2.92. The van der Waals surface area contributed by atoms with Crippen LogP contribution < -0.4 is 5.73 Å². The molecule has 1 aliphatic rings. The first-order valence-electron chi connectivity index (χ1n) is 5.17. The van der Waals surface area contributed by atoms with E-state index in [9.17, 15) is 9.90 Å². The van der Waals surface area contributed by atoms with E-state index in [1.54, 1.807) is 11.8 Å². The first-order valence-corrected chi connectivity index (χ1v) is 6.33. The van der Waals surface area contributed by atoms with Gasteiger partial charge in [-0.3, -0.25) is 4.79 Å². The maximum atomic E-state index is 11.2. The summed E-state index contributed by atoms with van der Waals surface area (Å²) in [7, 11) is 0. The molecule has 1 fully saturated rings. The van der Waals surface area contributed by atoms with E-state index in [-0.39, 0.29) is 6.04 Å². The third-order valence-electron chi connectivity index (χ3n) is 3.02. The summed E-state index contributed by atoms with van der Waals surface area (Å²) in [5.74, 6) is 1.09. The quantitative estimate of drug-likeness (QED) is 0.752. The largest absolute Gasteiger partial charge is 0.481 e. The van der Waals surface area contributed by atoms with E-state index < -0.39 is 11.4 Å². The first-order chi connectivity index (χ1) is 6.60. The van der Waals surface area contributed by atoms with Crippen LogP contribution in [0.3, 0.4) is 0 Å². The van der Waals surface area contributed by atoms with Crippen LogP contribution in [-0.2, 0) is 4.79 Å². The van der Waals surface area contributed by atoms with Crippen LogP contribution in [0.15, 0.2) is 0 Å². The summed E-state index contributed by atoms with van der Waals surface area (Å²) in [5, 5.41) is 9.25. The average molecular weight is 217 g/mol. The molecule has 3 N–H and O–H groups in total. The van der Waals surface area contributed by atoms with Crippen LogP contribution in [0.4, 0.5) is 0 Å². The molecular weight excluding hydrogens is 198 g/mol. The van der Waals surface area contributed by atoms with E-state index in [0.717, 1.165) is 37.2 Å². The second kappa shape index (κ2) is 5.03. The van der Waals surface area contributed by atoms with Gasteiger partial charge in [0.25, 0.3) is 0 Å². The summed E-state index contributed by atoms with van der Waals surface area (Å²) >= 11 is 1.72. The molecular formula is C10H19NO2S. The van der Waals surface area contributed by atoms with Gasteiger partial charge in [-0.15, -0.1) is 0 Å². The number of thioether (sulfide) groups is 1. The van der Waals surface area contributed by atoms with Crippen molar-refractivity contribution in [1.29, 1.82) is 0 Å². The van der Waals surface area contributed by atoms with E-state index in [1.807, 2.05) is 0 Å². The topological polar surface area (TPSA) is 63.3 Å². The minimum Gasteiger partial charge on any atom is -0.481 e. The van der Waals surface area contributed by atoms with Crippen LogP contribution in [0.1, 0.15) is 32.6 Å². The zero-order valence-electron chi connectivity index (χ0n) is 8.66. The maximum Gasteiger partial charge on any atom is 0.310 e. The van der Waals surface area contributed by atoms with Gasteiger partial charge in [-0.05, 0) is 31.4 Å². The molecule has 1 rings (SSSR count). The van der Waals surface area contributed by atoms with Crippen molar-refractivity contribution in [3.05, 3.63) is 0 Å². The Labute approximate surface area is 89.4 Å². The van der Waals surface area contributed by atoms with Crippen molar-refractivity contribution in [2.45, 2.75) is 38.6 Å². The summed E-state index contributed by atoms with van der Waals surface area (Å²) in [6.07, 6.45) is 3.21. The summed E-state index contributed by atoms with van der Waals surface area (Å²) < 4.78 is 0. The molecule has 0 unspecified atom stereocenters. The van der Waals surface area contributed by atoms with Crippen LogP contribution in [0, 0.1) is 5.41 Å². The van der Waals surface area contributed by atoms with Gasteiger partial charge in [-0.25, -0.2) is 0 Å². The van der Waals surface area contributed by atoms with Gasteiger partial charge in [0.15, 0.2) is 0 Å². The van der Waals surface area contributed by atoms with Gasteiger partial charge in [0.2, 0.25) is 0 Å². The lowest BCUT2D eigenvalue weighted by Crippen LogP contribution is -2.41. The van der Waals surface area contributed by atoms with Gasteiger partial charge >= 0.3 is 5.97 Å². The molecule has 0 aromatic heterocycles. The van der Waals surface area contributed by atoms with Crippen LogP contribution in [-0.4, -0.2) is 28.6 Å². The summed E-state index contributed by atoms with van der Waals surface area (Å²) in [6.45, 7) is 2.06. The number of carboxylic acids is 1. The van der Waals surface area contributed by atoms with E-state index in [1.165, 1.54) is 0 Å². The highest BCUT2D eigenvalue weighted by Gasteiger charge is 2.40. The minimum absolute atomic E-state index is 0.217. The van der Waals surface area contributed by atoms with Gasteiger partial charge in [0, 0.05) is 11.8 Å². The van der Waals surface area contributed by atoms with Gasteiger partial charge < -0.3 is 10.8 Å². The summed E-state index contributed by atoms with van der Waals surface area (Å²) in [6, 6.07) is 0.217. The fraction of sp³-hybridized carbons (Fsp3) is 0.900. The van der Waals surface area contributed by atoms with E-state index in [0.29, 0.717) is 0 Å². The third-order valence-corrected chi connectivity index (χ3v) is 4.19. The van der Waals surface area contributed by atoms with Gasteiger partial charge in [0.1, 0.15) is 0 Å². The number of hydrogen-bond acceptors (Lipinski definition) is 3. The lowest BCUT2D eigenvalue weighted by Gasteiger charge is -2.35. The number of aliphatic carboxylic acids is 1. The van der Waals surface area contributed by atoms with E-state index >= 15 is 0 Å². The van der Waals surface area contributed by atoms with Gasteiger partial charge in [-0.1, -0.05) is 6.92 Å². The second-order valence-electron chi connectivity index (χ2n) is 4.06. The highest BCUT2D eigenvalue weighted by molar-refractivity contribution is 7.99. The molecule has 0 aliphatic heterocycles. The van der Waals surface area contributed by atoms with E-state index in [2.05, 4.69) is 6.92 Å². The van der Waals surface area contributed by atoms with Crippen molar-refractivity contribution in [2.75, 3.05) is 11.5 Å². The van der Waals surface area contributed by atoms with Crippen LogP contribution >= 0.6 is 11.8 Å². The van der Waals surface area contributed by atoms with Crippen molar-refractivity contribution in [1.82, 2.24) is 0 Å². The third kappa shape index (κ3) is 2.64. The van der Waals surface area contributed by atoms with Crippen molar-refractivity contribution in [3.8, 4) is 0 Å². The number of rotatable bonds is 4. The molecule has 0 saturated heterocycles. The normalized spacial score (nSPS) is 32.9. The number of nitrogens with two attached hydrogens (primary N) is 1. The molecule has 4 heteroatoms. The lowest BCUT2D eigenvalue weighted by molar-refractivity contribution is -0.149. The lowest BCUT2D eigenvalue weighted by atomic mass is 9.74. The molecule has 0 radical (unpaired) electrons. The first kappa shape index (κ1) is 11.9. The van der Waals surface area contributed by atoms with Crippen LogP contribution in [0.2, 0.25) is 0 Å². The van der Waals surface area contributed by atoms with Crippen molar-refractivity contribution in [2.24, 2.45) is 11.1 Å². The number of carbonyl (C=O) groups is 1. The summed E-state index contributed by atoms with van der Waals surface area (Å²) in [4.78, 5) is 11.2. The Balaban J connectivity index is 2.58. The monoisotopic (exact) mass is 217 g/mol. The zero-order valence-corrected chi connectivity index (χ0v) is 9.48. The number of hydrogen-bond donors (Lipinski definition) is 2. The Bertz CT molecular complexity index is 195. The van der Waals surface area contributed by atoms with Crippen LogP contribution in [0.25, 0.3) is 0 Å². The smallest absolute Gasteiger partial charge is 0.310 e. The second-order valence-corrected chi connectivity index (χ2v) is 5.33. The minimum atomic E-state index is -0.634. The predicted molar refractivity (Wildman–Crippen MR) is 59.5 cm³/mol. The average Bonchev–Trinajstić information content (AvgIpc) is 2.17. The van der Waals surface area contributed by atoms with Crippen molar-refractivity contribution >= 4 is 17.7 Å². The molecule has 0 aromatic rings. The summed E-state index contributed by atoms with van der Waals surface area (Å²) in [5.41, 5.74) is 5.30.